The highest BCUT2D eigenvalue weighted by Crippen LogP contribution is 2.25. The van der Waals surface area contributed by atoms with Gasteiger partial charge in [0.25, 0.3) is 5.91 Å². The van der Waals surface area contributed by atoms with E-state index in [0.717, 1.165) is 16.7 Å². The van der Waals surface area contributed by atoms with Crippen LogP contribution in [0.25, 0.3) is 11.3 Å². The first-order valence-corrected chi connectivity index (χ1v) is 5.10. The number of carbonyl (C=O) groups is 1. The van der Waals surface area contributed by atoms with Gasteiger partial charge in [-0.2, -0.15) is 0 Å². The summed E-state index contributed by atoms with van der Waals surface area (Å²) >= 11 is 0. The van der Waals surface area contributed by atoms with E-state index in [1.807, 2.05) is 32.0 Å². The van der Waals surface area contributed by atoms with Crippen LogP contribution in [0.5, 0.6) is 0 Å². The Morgan fingerprint density at radius 2 is 2.12 bits per heavy atom. The van der Waals surface area contributed by atoms with Crippen molar-refractivity contribution in [1.82, 2.24) is 10.6 Å². The maximum absolute atomic E-state index is 11.1. The second-order valence-electron chi connectivity index (χ2n) is 3.84. The molecule has 2 aromatic rings. The molecule has 0 saturated carbocycles. The highest BCUT2D eigenvalue weighted by molar-refractivity contribution is 5.92. The summed E-state index contributed by atoms with van der Waals surface area (Å²) in [6.07, 6.45) is 0. The van der Waals surface area contributed by atoms with Crippen LogP contribution in [0.15, 0.2) is 28.8 Å². The molecule has 1 aromatic heterocycles. The summed E-state index contributed by atoms with van der Waals surface area (Å²) in [5.41, 5.74) is 4.56. The third kappa shape index (κ3) is 2.19. The van der Waals surface area contributed by atoms with Crippen molar-refractivity contribution in [1.29, 1.82) is 0 Å². The topological polar surface area (TPSA) is 75.4 Å². The Morgan fingerprint density at radius 1 is 1.35 bits per heavy atom. The maximum atomic E-state index is 11.1. The van der Waals surface area contributed by atoms with E-state index in [0.29, 0.717) is 5.76 Å². The van der Waals surface area contributed by atoms with Crippen LogP contribution in [0.3, 0.4) is 0 Å². The standard InChI is InChI=1S/C12H12N2O3/c1-7-3-4-8(2)9(5-7)11-6-10(14-17-11)12(15)13-16/h3-6,16H,1-2H3,(H,13,15). The smallest absolute Gasteiger partial charge is 0.296 e. The molecular formula is C12H12N2O3. The van der Waals surface area contributed by atoms with Gasteiger partial charge in [0.1, 0.15) is 0 Å². The van der Waals surface area contributed by atoms with Gasteiger partial charge in [-0.25, -0.2) is 5.48 Å². The molecule has 5 nitrogen and oxygen atoms in total. The molecular weight excluding hydrogens is 220 g/mol. The molecule has 0 aliphatic heterocycles. The summed E-state index contributed by atoms with van der Waals surface area (Å²) < 4.78 is 5.09. The monoisotopic (exact) mass is 232 g/mol. The third-order valence-electron chi connectivity index (χ3n) is 2.50. The predicted molar refractivity (Wildman–Crippen MR) is 60.7 cm³/mol. The molecule has 0 radical (unpaired) electrons. The zero-order valence-corrected chi connectivity index (χ0v) is 9.52. The fourth-order valence-electron chi connectivity index (χ4n) is 1.57. The van der Waals surface area contributed by atoms with Crippen molar-refractivity contribution in [3.8, 4) is 11.3 Å². The van der Waals surface area contributed by atoms with Crippen molar-refractivity contribution in [3.63, 3.8) is 0 Å². The predicted octanol–water partition coefficient (Wildman–Crippen LogP) is 2.08. The van der Waals surface area contributed by atoms with E-state index >= 15 is 0 Å². The summed E-state index contributed by atoms with van der Waals surface area (Å²) in [5.74, 6) is -0.185. The Kier molecular flexibility index (Phi) is 2.93. The quantitative estimate of drug-likeness (QED) is 0.614. The van der Waals surface area contributed by atoms with Crippen molar-refractivity contribution in [2.75, 3.05) is 0 Å². The Morgan fingerprint density at radius 3 is 2.82 bits per heavy atom. The zero-order valence-electron chi connectivity index (χ0n) is 9.52. The number of aryl methyl sites for hydroxylation is 2. The number of carbonyl (C=O) groups excluding carboxylic acids is 1. The van der Waals surface area contributed by atoms with E-state index in [9.17, 15) is 4.79 Å². The molecule has 1 amide bonds. The number of hydrogen-bond donors (Lipinski definition) is 2. The molecule has 0 spiro atoms. The van der Waals surface area contributed by atoms with Crippen LogP contribution in [0.4, 0.5) is 0 Å². The summed E-state index contributed by atoms with van der Waals surface area (Å²) in [4.78, 5) is 11.1. The van der Waals surface area contributed by atoms with E-state index < -0.39 is 5.91 Å². The van der Waals surface area contributed by atoms with Crippen LogP contribution < -0.4 is 5.48 Å². The number of nitrogens with one attached hydrogen (secondary N) is 1. The molecule has 2 N–H and O–H groups in total. The molecule has 17 heavy (non-hydrogen) atoms. The van der Waals surface area contributed by atoms with Crippen LogP contribution in [0.1, 0.15) is 21.6 Å². The molecule has 1 heterocycles. The molecule has 0 unspecified atom stereocenters. The normalized spacial score (nSPS) is 10.3. The largest absolute Gasteiger partial charge is 0.355 e. The van der Waals surface area contributed by atoms with Crippen LogP contribution in [-0.2, 0) is 0 Å². The van der Waals surface area contributed by atoms with Crippen molar-refractivity contribution in [2.45, 2.75) is 13.8 Å². The van der Waals surface area contributed by atoms with Crippen molar-refractivity contribution in [2.24, 2.45) is 0 Å². The Bertz CT molecular complexity index is 561. The summed E-state index contributed by atoms with van der Waals surface area (Å²) in [5, 5.41) is 12.1. The average molecular weight is 232 g/mol. The maximum Gasteiger partial charge on any atom is 0.296 e. The number of rotatable bonds is 2. The van der Waals surface area contributed by atoms with Gasteiger partial charge in [-0.05, 0) is 25.5 Å². The van der Waals surface area contributed by atoms with Gasteiger partial charge < -0.3 is 4.52 Å². The Balaban J connectivity index is 2.43. The van der Waals surface area contributed by atoms with Gasteiger partial charge in [0, 0.05) is 11.6 Å². The van der Waals surface area contributed by atoms with E-state index in [1.54, 1.807) is 0 Å². The lowest BCUT2D eigenvalue weighted by molar-refractivity contribution is 0.0696. The van der Waals surface area contributed by atoms with Gasteiger partial charge in [0.2, 0.25) is 0 Å². The molecule has 0 bridgehead atoms. The number of benzene rings is 1. The SMILES string of the molecule is Cc1ccc(C)c(-c2cc(C(=O)NO)no2)c1. The molecule has 0 fully saturated rings. The van der Waals surface area contributed by atoms with Gasteiger partial charge in [-0.15, -0.1) is 0 Å². The molecule has 0 saturated heterocycles. The third-order valence-corrected chi connectivity index (χ3v) is 2.50. The lowest BCUT2D eigenvalue weighted by Crippen LogP contribution is -2.18. The minimum Gasteiger partial charge on any atom is -0.355 e. The summed E-state index contributed by atoms with van der Waals surface area (Å²) in [7, 11) is 0. The molecule has 0 aliphatic carbocycles. The van der Waals surface area contributed by atoms with E-state index in [-0.39, 0.29) is 5.69 Å². The minimum atomic E-state index is -0.690. The molecule has 88 valence electrons. The van der Waals surface area contributed by atoms with E-state index in [1.165, 1.54) is 11.5 Å². The van der Waals surface area contributed by atoms with Gasteiger partial charge in [0.15, 0.2) is 11.5 Å². The molecule has 2 rings (SSSR count). The van der Waals surface area contributed by atoms with E-state index in [2.05, 4.69) is 5.16 Å². The summed E-state index contributed by atoms with van der Waals surface area (Å²) in [6.45, 7) is 3.92. The van der Waals surface area contributed by atoms with Crippen molar-refractivity contribution < 1.29 is 14.5 Å². The second-order valence-corrected chi connectivity index (χ2v) is 3.84. The van der Waals surface area contributed by atoms with Gasteiger partial charge >= 0.3 is 0 Å². The van der Waals surface area contributed by atoms with Crippen LogP contribution in [0.2, 0.25) is 0 Å². The van der Waals surface area contributed by atoms with Crippen LogP contribution >= 0.6 is 0 Å². The van der Waals surface area contributed by atoms with Gasteiger partial charge in [-0.3, -0.25) is 10.0 Å². The molecule has 0 atom stereocenters. The Hall–Kier alpha value is -2.14. The highest BCUT2D eigenvalue weighted by atomic mass is 16.5. The fraction of sp³-hybridized carbons (Fsp3) is 0.167. The first-order chi connectivity index (χ1) is 8.11. The first-order valence-electron chi connectivity index (χ1n) is 5.10. The number of amides is 1. The molecule has 5 heteroatoms. The Labute approximate surface area is 98.0 Å². The fourth-order valence-corrected chi connectivity index (χ4v) is 1.57. The number of hydrogen-bond acceptors (Lipinski definition) is 4. The summed E-state index contributed by atoms with van der Waals surface area (Å²) in [6, 6.07) is 7.42. The van der Waals surface area contributed by atoms with E-state index in [4.69, 9.17) is 9.73 Å². The molecule has 1 aromatic carbocycles. The highest BCUT2D eigenvalue weighted by Gasteiger charge is 2.14. The number of aromatic nitrogens is 1. The van der Waals surface area contributed by atoms with Crippen molar-refractivity contribution >= 4 is 5.91 Å². The zero-order chi connectivity index (χ0) is 12.4. The average Bonchev–Trinajstić information content (AvgIpc) is 2.80. The second kappa shape index (κ2) is 4.39. The molecule has 0 aliphatic rings. The number of nitrogens with zero attached hydrogens (tertiary/aromatic N) is 1. The lowest BCUT2D eigenvalue weighted by Gasteiger charge is -2.02. The minimum absolute atomic E-state index is 0.0448. The van der Waals surface area contributed by atoms with Gasteiger partial charge in [-0.1, -0.05) is 22.9 Å². The first kappa shape index (κ1) is 11.3. The number of hydroxylamine groups is 1. The van der Waals surface area contributed by atoms with Crippen molar-refractivity contribution in [3.05, 3.63) is 41.1 Å². The van der Waals surface area contributed by atoms with Gasteiger partial charge in [0.05, 0.1) is 0 Å². The lowest BCUT2D eigenvalue weighted by atomic mass is 10.0. The van der Waals surface area contributed by atoms with Crippen LogP contribution in [0, 0.1) is 13.8 Å². The van der Waals surface area contributed by atoms with Crippen LogP contribution in [-0.4, -0.2) is 16.3 Å².